The molecular formula is C19H18FN5O3. The largest absolute Gasteiger partial charge is 0.415 e. The van der Waals surface area contributed by atoms with Gasteiger partial charge in [0.1, 0.15) is 5.82 Å². The van der Waals surface area contributed by atoms with Gasteiger partial charge >= 0.3 is 6.09 Å². The van der Waals surface area contributed by atoms with Crippen LogP contribution in [0.1, 0.15) is 16.2 Å². The van der Waals surface area contributed by atoms with Crippen molar-refractivity contribution >= 4 is 23.0 Å². The highest BCUT2D eigenvalue weighted by Gasteiger charge is 2.27. The van der Waals surface area contributed by atoms with Crippen LogP contribution in [0.15, 0.2) is 36.7 Å². The summed E-state index contributed by atoms with van der Waals surface area (Å²) in [6, 6.07) is 6.24. The van der Waals surface area contributed by atoms with E-state index in [9.17, 15) is 14.0 Å². The van der Waals surface area contributed by atoms with Gasteiger partial charge in [0, 0.05) is 37.9 Å². The highest BCUT2D eigenvalue weighted by Crippen LogP contribution is 2.20. The number of imidazole rings is 1. The quantitative estimate of drug-likeness (QED) is 0.734. The Morgan fingerprint density at radius 3 is 2.61 bits per heavy atom. The highest BCUT2D eigenvalue weighted by atomic mass is 19.1. The van der Waals surface area contributed by atoms with Crippen LogP contribution < -0.4 is 4.74 Å². The van der Waals surface area contributed by atoms with Crippen LogP contribution in [0, 0.1) is 12.7 Å². The molecule has 2 aromatic heterocycles. The van der Waals surface area contributed by atoms with Gasteiger partial charge in [-0.15, -0.1) is 0 Å². The minimum atomic E-state index is -0.477. The summed E-state index contributed by atoms with van der Waals surface area (Å²) in [4.78, 5) is 39.2. The van der Waals surface area contributed by atoms with Gasteiger partial charge in [-0.2, -0.15) is 0 Å². The molecule has 0 unspecified atom stereocenters. The molecule has 8 nitrogen and oxygen atoms in total. The Labute approximate surface area is 159 Å². The van der Waals surface area contributed by atoms with E-state index >= 15 is 0 Å². The lowest BCUT2D eigenvalue weighted by molar-refractivity contribution is 0.0623. The Morgan fingerprint density at radius 2 is 1.89 bits per heavy atom. The zero-order valence-electron chi connectivity index (χ0n) is 15.2. The molecule has 1 aromatic carbocycles. The first-order valence-corrected chi connectivity index (χ1v) is 8.84. The number of nitrogens with one attached hydrogen (secondary N) is 1. The second kappa shape index (κ2) is 7.26. The Balaban J connectivity index is 1.40. The molecule has 28 heavy (non-hydrogen) atoms. The minimum absolute atomic E-state index is 0.162. The number of benzene rings is 1. The molecule has 2 amide bonds. The second-order valence-corrected chi connectivity index (χ2v) is 6.49. The molecule has 1 fully saturated rings. The van der Waals surface area contributed by atoms with Gasteiger partial charge in [0.15, 0.2) is 11.6 Å². The molecule has 1 aliphatic heterocycles. The molecule has 0 atom stereocenters. The number of hydrogen-bond acceptors (Lipinski definition) is 5. The van der Waals surface area contributed by atoms with E-state index in [2.05, 4.69) is 15.0 Å². The van der Waals surface area contributed by atoms with E-state index in [0.29, 0.717) is 48.5 Å². The lowest BCUT2D eigenvalue weighted by Crippen LogP contribution is -2.51. The number of carbonyl (C=O) groups excluding carboxylic acids is 2. The molecule has 0 bridgehead atoms. The van der Waals surface area contributed by atoms with E-state index in [1.807, 2.05) is 0 Å². The summed E-state index contributed by atoms with van der Waals surface area (Å²) in [5.41, 5.74) is 1.46. The van der Waals surface area contributed by atoms with Crippen molar-refractivity contribution in [3.63, 3.8) is 0 Å². The summed E-state index contributed by atoms with van der Waals surface area (Å²) >= 11 is 0. The van der Waals surface area contributed by atoms with Crippen LogP contribution in [0.25, 0.3) is 11.0 Å². The van der Waals surface area contributed by atoms with Gasteiger partial charge in [-0.25, -0.2) is 14.2 Å². The van der Waals surface area contributed by atoms with Crippen molar-refractivity contribution in [2.75, 3.05) is 26.2 Å². The molecule has 0 aliphatic carbocycles. The maximum atomic E-state index is 13.7. The smallest absolute Gasteiger partial charge is 0.409 e. The monoisotopic (exact) mass is 383 g/mol. The molecule has 3 aromatic rings. The summed E-state index contributed by atoms with van der Waals surface area (Å²) in [7, 11) is 0. The fourth-order valence-electron chi connectivity index (χ4n) is 3.10. The predicted octanol–water partition coefficient (Wildman–Crippen LogP) is 2.36. The lowest BCUT2D eigenvalue weighted by Gasteiger charge is -2.33. The third kappa shape index (κ3) is 3.38. The minimum Gasteiger partial charge on any atom is -0.409 e. The molecule has 4 rings (SSSR count). The van der Waals surface area contributed by atoms with Crippen molar-refractivity contribution in [1.82, 2.24) is 24.8 Å². The first-order chi connectivity index (χ1) is 13.5. The number of amides is 2. The molecule has 1 N–H and O–H groups in total. The van der Waals surface area contributed by atoms with Crippen LogP contribution >= 0.6 is 0 Å². The van der Waals surface area contributed by atoms with Crippen LogP contribution in [0.3, 0.4) is 0 Å². The van der Waals surface area contributed by atoms with E-state index in [4.69, 9.17) is 4.74 Å². The number of aromatic nitrogens is 3. The van der Waals surface area contributed by atoms with Crippen molar-refractivity contribution in [1.29, 1.82) is 0 Å². The number of fused-ring (bicyclic) bond motifs is 1. The van der Waals surface area contributed by atoms with Crippen LogP contribution in [0.4, 0.5) is 9.18 Å². The van der Waals surface area contributed by atoms with Gasteiger partial charge in [-0.3, -0.25) is 9.78 Å². The van der Waals surface area contributed by atoms with Crippen molar-refractivity contribution in [3.05, 3.63) is 53.9 Å². The van der Waals surface area contributed by atoms with E-state index in [1.165, 1.54) is 17.2 Å². The summed E-state index contributed by atoms with van der Waals surface area (Å²) in [6.45, 7) is 3.02. The summed E-state index contributed by atoms with van der Waals surface area (Å²) in [6.07, 6.45) is 2.58. The van der Waals surface area contributed by atoms with Crippen LogP contribution in [-0.4, -0.2) is 62.9 Å². The molecule has 1 aliphatic rings. The number of halogens is 1. The number of hydrogen-bond donors (Lipinski definition) is 1. The van der Waals surface area contributed by atoms with Gasteiger partial charge in [0.05, 0.1) is 17.2 Å². The molecule has 0 spiro atoms. The molecular weight excluding hydrogens is 365 g/mol. The Kier molecular flexibility index (Phi) is 4.64. The average Bonchev–Trinajstić information content (AvgIpc) is 3.16. The molecule has 0 saturated carbocycles. The van der Waals surface area contributed by atoms with Crippen molar-refractivity contribution < 1.29 is 18.7 Å². The molecule has 9 heteroatoms. The fraction of sp³-hybridized carbons (Fsp3) is 0.263. The fourth-order valence-corrected chi connectivity index (χ4v) is 3.10. The van der Waals surface area contributed by atoms with E-state index < -0.39 is 6.09 Å². The molecule has 3 heterocycles. The SMILES string of the molecule is Cc1c(F)ccc2[nH]c(C(=O)N3CCN(C(=O)Oc4cccnc4)CC3)nc12. The molecule has 0 radical (unpaired) electrons. The van der Waals surface area contributed by atoms with E-state index in [-0.39, 0.29) is 17.5 Å². The predicted molar refractivity (Wildman–Crippen MR) is 98.5 cm³/mol. The first-order valence-electron chi connectivity index (χ1n) is 8.84. The maximum Gasteiger partial charge on any atom is 0.415 e. The van der Waals surface area contributed by atoms with E-state index in [0.717, 1.165) is 0 Å². The summed E-state index contributed by atoms with van der Waals surface area (Å²) in [5, 5.41) is 0. The standard InChI is InChI=1S/C19H18FN5O3/c1-12-14(20)4-5-15-16(12)23-17(22-15)18(26)24-7-9-25(10-8-24)19(27)28-13-3-2-6-21-11-13/h2-6,11H,7-10H2,1H3,(H,22,23). The normalized spacial score (nSPS) is 14.4. The average molecular weight is 383 g/mol. The zero-order chi connectivity index (χ0) is 19.7. The second-order valence-electron chi connectivity index (χ2n) is 6.49. The van der Waals surface area contributed by atoms with Crippen LogP contribution in [0.5, 0.6) is 5.75 Å². The van der Waals surface area contributed by atoms with Gasteiger partial charge in [-0.05, 0) is 31.2 Å². The van der Waals surface area contributed by atoms with Gasteiger partial charge in [0.25, 0.3) is 5.91 Å². The number of aryl methyl sites for hydroxylation is 1. The van der Waals surface area contributed by atoms with E-state index in [1.54, 1.807) is 36.2 Å². The maximum absolute atomic E-state index is 13.7. The van der Waals surface area contributed by atoms with Crippen molar-refractivity contribution in [2.45, 2.75) is 6.92 Å². The first kappa shape index (κ1) is 17.9. The van der Waals surface area contributed by atoms with Gasteiger partial charge in [0.2, 0.25) is 0 Å². The topological polar surface area (TPSA) is 91.4 Å². The number of H-pyrrole nitrogens is 1. The van der Waals surface area contributed by atoms with Crippen molar-refractivity contribution in [3.8, 4) is 5.75 Å². The number of carbonyl (C=O) groups is 2. The zero-order valence-corrected chi connectivity index (χ0v) is 15.2. The number of piperazine rings is 1. The number of ether oxygens (including phenoxy) is 1. The lowest BCUT2D eigenvalue weighted by atomic mass is 10.2. The van der Waals surface area contributed by atoms with Crippen LogP contribution in [-0.2, 0) is 0 Å². The Hall–Kier alpha value is -3.49. The van der Waals surface area contributed by atoms with Gasteiger partial charge in [-0.1, -0.05) is 0 Å². The highest BCUT2D eigenvalue weighted by molar-refractivity contribution is 5.95. The Bertz CT molecular complexity index is 1030. The summed E-state index contributed by atoms with van der Waals surface area (Å²) in [5.74, 6) is -0.110. The number of nitrogens with zero attached hydrogens (tertiary/aromatic N) is 4. The Morgan fingerprint density at radius 1 is 1.14 bits per heavy atom. The van der Waals surface area contributed by atoms with Crippen LogP contribution in [0.2, 0.25) is 0 Å². The molecule has 144 valence electrons. The number of rotatable bonds is 2. The van der Waals surface area contributed by atoms with Crippen molar-refractivity contribution in [2.24, 2.45) is 0 Å². The van der Waals surface area contributed by atoms with Gasteiger partial charge < -0.3 is 19.5 Å². The molecule has 1 saturated heterocycles. The third-order valence-electron chi connectivity index (χ3n) is 4.71. The third-order valence-corrected chi connectivity index (χ3v) is 4.71. The number of aromatic amines is 1. The summed E-state index contributed by atoms with van der Waals surface area (Å²) < 4.78 is 19.0. The number of pyridine rings is 1.